The van der Waals surface area contributed by atoms with E-state index in [-0.39, 0.29) is 11.9 Å². The predicted octanol–water partition coefficient (Wildman–Crippen LogP) is 2.73. The van der Waals surface area contributed by atoms with E-state index in [2.05, 4.69) is 6.92 Å². The number of hydrogen-bond donors (Lipinski definition) is 1. The Morgan fingerprint density at radius 2 is 2.25 bits per heavy atom. The summed E-state index contributed by atoms with van der Waals surface area (Å²) in [6.45, 7) is 4.74. The SMILES string of the molecule is Cc1cc(C(=O)N2CCSCC2C)sc1/C=C/C(=O)O. The number of carboxylic acids is 1. The number of hydrogen-bond acceptors (Lipinski definition) is 4. The standard InChI is InChI=1S/C14H17NO3S2/c1-9-7-12(20-11(9)3-4-13(16)17)14(18)15-5-6-19-8-10(15)2/h3-4,7,10H,5-6,8H2,1-2H3,(H,16,17)/b4-3+. The summed E-state index contributed by atoms with van der Waals surface area (Å²) in [4.78, 5) is 26.5. The maximum atomic E-state index is 12.5. The van der Waals surface area contributed by atoms with Crippen LogP contribution in [0, 0.1) is 6.92 Å². The van der Waals surface area contributed by atoms with E-state index in [0.717, 1.165) is 34.6 Å². The van der Waals surface area contributed by atoms with Crippen LogP contribution in [0.1, 0.15) is 27.0 Å². The van der Waals surface area contributed by atoms with E-state index in [9.17, 15) is 9.59 Å². The van der Waals surface area contributed by atoms with E-state index in [1.807, 2.05) is 29.7 Å². The maximum Gasteiger partial charge on any atom is 0.328 e. The van der Waals surface area contributed by atoms with Crippen LogP contribution < -0.4 is 0 Å². The molecule has 0 aromatic carbocycles. The van der Waals surface area contributed by atoms with Gasteiger partial charge in [0.1, 0.15) is 0 Å². The van der Waals surface area contributed by atoms with Crippen LogP contribution in [-0.2, 0) is 4.79 Å². The van der Waals surface area contributed by atoms with Gasteiger partial charge in [-0.05, 0) is 31.6 Å². The van der Waals surface area contributed by atoms with E-state index < -0.39 is 5.97 Å². The molecule has 108 valence electrons. The number of thiophene rings is 1. The van der Waals surface area contributed by atoms with Crippen molar-refractivity contribution in [1.29, 1.82) is 0 Å². The summed E-state index contributed by atoms with van der Waals surface area (Å²) >= 11 is 3.23. The minimum atomic E-state index is -0.979. The molecule has 1 aliphatic heterocycles. The second-order valence-corrected chi connectivity index (χ2v) is 6.99. The molecule has 1 amide bonds. The fourth-order valence-corrected chi connectivity index (χ4v) is 4.13. The second kappa shape index (κ2) is 6.45. The first-order chi connectivity index (χ1) is 9.49. The summed E-state index contributed by atoms with van der Waals surface area (Å²) in [5, 5.41) is 8.66. The molecule has 1 aromatic rings. The molecule has 0 saturated carbocycles. The number of carbonyl (C=O) groups is 2. The maximum absolute atomic E-state index is 12.5. The Morgan fingerprint density at radius 3 is 2.90 bits per heavy atom. The van der Waals surface area contributed by atoms with Crippen LogP contribution in [0.15, 0.2) is 12.1 Å². The number of nitrogens with zero attached hydrogens (tertiary/aromatic N) is 1. The normalized spacial score (nSPS) is 19.5. The number of carboxylic acid groups (broad SMARTS) is 1. The van der Waals surface area contributed by atoms with Gasteiger partial charge in [-0.3, -0.25) is 4.79 Å². The molecule has 0 bridgehead atoms. The quantitative estimate of drug-likeness (QED) is 0.872. The van der Waals surface area contributed by atoms with E-state index in [1.165, 1.54) is 11.3 Å². The molecule has 1 unspecified atom stereocenters. The summed E-state index contributed by atoms with van der Waals surface area (Å²) in [6, 6.07) is 2.10. The Balaban J connectivity index is 2.18. The van der Waals surface area contributed by atoms with Crippen molar-refractivity contribution in [2.24, 2.45) is 0 Å². The van der Waals surface area contributed by atoms with Gasteiger partial charge in [0.15, 0.2) is 0 Å². The Labute approximate surface area is 126 Å². The van der Waals surface area contributed by atoms with Gasteiger partial charge in [0.25, 0.3) is 5.91 Å². The van der Waals surface area contributed by atoms with Crippen LogP contribution >= 0.6 is 23.1 Å². The number of aliphatic carboxylic acids is 1. The smallest absolute Gasteiger partial charge is 0.328 e. The third-order valence-electron chi connectivity index (χ3n) is 3.17. The zero-order chi connectivity index (χ0) is 14.7. The summed E-state index contributed by atoms with van der Waals surface area (Å²) in [7, 11) is 0. The third kappa shape index (κ3) is 3.43. The zero-order valence-electron chi connectivity index (χ0n) is 11.5. The van der Waals surface area contributed by atoms with Gasteiger partial charge in [-0.1, -0.05) is 0 Å². The van der Waals surface area contributed by atoms with Crippen molar-refractivity contribution in [1.82, 2.24) is 4.90 Å². The Bertz CT molecular complexity index is 551. The van der Waals surface area contributed by atoms with Crippen molar-refractivity contribution in [3.63, 3.8) is 0 Å². The van der Waals surface area contributed by atoms with Gasteiger partial charge in [0, 0.05) is 35.0 Å². The highest BCUT2D eigenvalue weighted by Crippen LogP contribution is 2.26. The van der Waals surface area contributed by atoms with Gasteiger partial charge in [-0.2, -0.15) is 11.8 Å². The van der Waals surface area contributed by atoms with Crippen LogP contribution in [0.25, 0.3) is 6.08 Å². The van der Waals surface area contributed by atoms with Crippen LogP contribution in [0.3, 0.4) is 0 Å². The van der Waals surface area contributed by atoms with Crippen molar-refractivity contribution in [3.8, 4) is 0 Å². The average Bonchev–Trinajstić information content (AvgIpc) is 2.77. The topological polar surface area (TPSA) is 57.6 Å². The molecule has 1 saturated heterocycles. The van der Waals surface area contributed by atoms with Crippen LogP contribution in [0.5, 0.6) is 0 Å². The largest absolute Gasteiger partial charge is 0.478 e. The van der Waals surface area contributed by atoms with Crippen LogP contribution in [-0.4, -0.2) is 46.0 Å². The van der Waals surface area contributed by atoms with Crippen LogP contribution in [0.4, 0.5) is 0 Å². The number of carbonyl (C=O) groups excluding carboxylic acids is 1. The molecular weight excluding hydrogens is 294 g/mol. The van der Waals surface area contributed by atoms with E-state index in [1.54, 1.807) is 6.08 Å². The highest BCUT2D eigenvalue weighted by atomic mass is 32.2. The lowest BCUT2D eigenvalue weighted by Crippen LogP contribution is -2.44. The molecule has 1 fully saturated rings. The van der Waals surface area contributed by atoms with Gasteiger partial charge in [-0.15, -0.1) is 11.3 Å². The fourth-order valence-electron chi connectivity index (χ4n) is 2.08. The number of rotatable bonds is 3. The van der Waals surface area contributed by atoms with Gasteiger partial charge in [0.2, 0.25) is 0 Å². The van der Waals surface area contributed by atoms with Crippen molar-refractivity contribution in [2.45, 2.75) is 19.9 Å². The van der Waals surface area contributed by atoms with Gasteiger partial charge < -0.3 is 10.0 Å². The summed E-state index contributed by atoms with van der Waals surface area (Å²) in [5.74, 6) is 1.03. The number of thioether (sulfide) groups is 1. The molecule has 6 heteroatoms. The van der Waals surface area contributed by atoms with Crippen molar-refractivity contribution < 1.29 is 14.7 Å². The molecule has 0 spiro atoms. The molecule has 2 heterocycles. The minimum absolute atomic E-state index is 0.0564. The first-order valence-electron chi connectivity index (χ1n) is 6.39. The third-order valence-corrected chi connectivity index (χ3v) is 5.55. The highest BCUT2D eigenvalue weighted by molar-refractivity contribution is 7.99. The fraction of sp³-hybridized carbons (Fsp3) is 0.429. The molecule has 1 N–H and O–H groups in total. The first kappa shape index (κ1) is 15.1. The molecule has 4 nitrogen and oxygen atoms in total. The van der Waals surface area contributed by atoms with Crippen molar-refractivity contribution >= 4 is 41.1 Å². The second-order valence-electron chi connectivity index (χ2n) is 4.75. The molecular formula is C14H17NO3S2. The lowest BCUT2D eigenvalue weighted by Gasteiger charge is -2.32. The Hall–Kier alpha value is -1.27. The first-order valence-corrected chi connectivity index (χ1v) is 8.36. The molecule has 2 rings (SSSR count). The number of aryl methyl sites for hydroxylation is 1. The molecule has 1 atom stereocenters. The van der Waals surface area contributed by atoms with E-state index >= 15 is 0 Å². The van der Waals surface area contributed by atoms with Crippen molar-refractivity contribution in [2.75, 3.05) is 18.1 Å². The van der Waals surface area contributed by atoms with Gasteiger partial charge >= 0.3 is 5.97 Å². The molecule has 20 heavy (non-hydrogen) atoms. The van der Waals surface area contributed by atoms with Crippen molar-refractivity contribution in [3.05, 3.63) is 27.5 Å². The number of amides is 1. The lowest BCUT2D eigenvalue weighted by atomic mass is 10.2. The molecule has 0 aliphatic carbocycles. The van der Waals surface area contributed by atoms with E-state index in [4.69, 9.17) is 5.11 Å². The molecule has 1 aromatic heterocycles. The summed E-state index contributed by atoms with van der Waals surface area (Å²) in [5.41, 5.74) is 0.940. The Kier molecular flexibility index (Phi) is 4.88. The molecule has 1 aliphatic rings. The van der Waals surface area contributed by atoms with Gasteiger partial charge in [-0.25, -0.2) is 4.79 Å². The average molecular weight is 311 g/mol. The van der Waals surface area contributed by atoms with Gasteiger partial charge in [0.05, 0.1) is 4.88 Å². The van der Waals surface area contributed by atoms with Crippen LogP contribution in [0.2, 0.25) is 0 Å². The monoisotopic (exact) mass is 311 g/mol. The van der Waals surface area contributed by atoms with E-state index in [0.29, 0.717) is 4.88 Å². The summed E-state index contributed by atoms with van der Waals surface area (Å²) < 4.78 is 0. The Morgan fingerprint density at radius 1 is 1.50 bits per heavy atom. The summed E-state index contributed by atoms with van der Waals surface area (Å²) in [6.07, 6.45) is 2.65. The zero-order valence-corrected chi connectivity index (χ0v) is 13.1. The predicted molar refractivity (Wildman–Crippen MR) is 83.5 cm³/mol. The highest BCUT2D eigenvalue weighted by Gasteiger charge is 2.25. The lowest BCUT2D eigenvalue weighted by molar-refractivity contribution is -0.131. The minimum Gasteiger partial charge on any atom is -0.478 e. The molecule has 0 radical (unpaired) electrons.